The first-order valence-corrected chi connectivity index (χ1v) is 5.70. The van der Waals surface area contributed by atoms with Crippen molar-refractivity contribution < 1.29 is 19.1 Å². The van der Waals surface area contributed by atoms with Crippen LogP contribution in [0.15, 0.2) is 6.33 Å². The molecule has 3 N–H and O–H groups in total. The molecule has 106 valence electrons. The molecule has 0 aromatic carbocycles. The minimum atomic E-state index is -0.636. The Kier molecular flexibility index (Phi) is 5.31. The van der Waals surface area contributed by atoms with Crippen molar-refractivity contribution in [2.45, 2.75) is 13.0 Å². The second-order valence-corrected chi connectivity index (χ2v) is 3.84. The zero-order valence-electron chi connectivity index (χ0n) is 11.2. The molecule has 1 aromatic rings. The maximum Gasteiger partial charge on any atom is 0.360 e. The van der Waals surface area contributed by atoms with E-state index in [1.54, 1.807) is 14.0 Å². The van der Waals surface area contributed by atoms with Gasteiger partial charge in [0.2, 0.25) is 5.91 Å². The number of nitrogen functional groups attached to an aromatic ring is 1. The number of anilines is 1. The number of rotatable bonds is 6. The van der Waals surface area contributed by atoms with Crippen LogP contribution in [-0.4, -0.2) is 48.8 Å². The van der Waals surface area contributed by atoms with E-state index in [1.807, 2.05) is 0 Å². The molecule has 0 aliphatic heterocycles. The van der Waals surface area contributed by atoms with Crippen LogP contribution in [0.2, 0.25) is 0 Å². The molecule has 0 bridgehead atoms. The molecule has 0 fully saturated rings. The molecule has 8 nitrogen and oxygen atoms in total. The van der Waals surface area contributed by atoms with Crippen LogP contribution in [0.25, 0.3) is 0 Å². The minimum absolute atomic E-state index is 0.000887. The van der Waals surface area contributed by atoms with Crippen LogP contribution in [-0.2, 0) is 14.3 Å². The highest BCUT2D eigenvalue weighted by Crippen LogP contribution is 2.17. The van der Waals surface area contributed by atoms with Crippen LogP contribution in [0.1, 0.15) is 23.5 Å². The Bertz CT molecular complexity index is 458. The summed E-state index contributed by atoms with van der Waals surface area (Å²) in [6.07, 6.45) is 1.34. The van der Waals surface area contributed by atoms with Gasteiger partial charge in [0.1, 0.15) is 11.9 Å². The monoisotopic (exact) mass is 270 g/mol. The van der Waals surface area contributed by atoms with Gasteiger partial charge in [-0.3, -0.25) is 4.79 Å². The van der Waals surface area contributed by atoms with Crippen LogP contribution in [0, 0.1) is 0 Å². The third kappa shape index (κ3) is 3.44. The van der Waals surface area contributed by atoms with E-state index < -0.39 is 12.0 Å². The highest BCUT2D eigenvalue weighted by molar-refractivity contribution is 5.92. The highest BCUT2D eigenvalue weighted by Gasteiger charge is 2.22. The summed E-state index contributed by atoms with van der Waals surface area (Å²) in [5, 5.41) is 2.68. The Labute approximate surface area is 110 Å². The Morgan fingerprint density at radius 2 is 2.21 bits per heavy atom. The van der Waals surface area contributed by atoms with Crippen molar-refractivity contribution in [1.82, 2.24) is 14.9 Å². The van der Waals surface area contributed by atoms with Crippen LogP contribution < -0.4 is 11.1 Å². The number of imidazole rings is 1. The Hall–Kier alpha value is -2.09. The van der Waals surface area contributed by atoms with E-state index in [9.17, 15) is 9.59 Å². The second kappa shape index (κ2) is 6.74. The molecule has 0 aliphatic rings. The number of esters is 1. The fraction of sp³-hybridized carbons (Fsp3) is 0.545. The summed E-state index contributed by atoms with van der Waals surface area (Å²) in [5.74, 6) is -0.776. The molecule has 0 radical (unpaired) electrons. The van der Waals surface area contributed by atoms with Crippen LogP contribution >= 0.6 is 0 Å². The number of methoxy groups -OCH3 is 2. The number of ether oxygens (including phenoxy) is 2. The van der Waals surface area contributed by atoms with Crippen molar-refractivity contribution in [3.8, 4) is 0 Å². The van der Waals surface area contributed by atoms with Gasteiger partial charge in [-0.15, -0.1) is 0 Å². The van der Waals surface area contributed by atoms with Gasteiger partial charge in [0, 0.05) is 13.7 Å². The number of hydrogen-bond donors (Lipinski definition) is 2. The van der Waals surface area contributed by atoms with E-state index in [0.29, 0.717) is 13.2 Å². The predicted molar refractivity (Wildman–Crippen MR) is 67.6 cm³/mol. The van der Waals surface area contributed by atoms with Crippen LogP contribution in [0.3, 0.4) is 0 Å². The van der Waals surface area contributed by atoms with Gasteiger partial charge in [0.15, 0.2) is 5.69 Å². The number of carbonyl (C=O) groups excluding carboxylic acids is 2. The SMILES string of the molecule is COCCNC(=O)C(C)n1cnc(C(=O)OC)c1N. The van der Waals surface area contributed by atoms with Crippen LogP contribution in [0.4, 0.5) is 5.82 Å². The largest absolute Gasteiger partial charge is 0.464 e. The average molecular weight is 270 g/mol. The lowest BCUT2D eigenvalue weighted by molar-refractivity contribution is -0.124. The molecule has 1 rings (SSSR count). The van der Waals surface area contributed by atoms with Gasteiger partial charge in [-0.2, -0.15) is 0 Å². The summed E-state index contributed by atoms with van der Waals surface area (Å²) in [5.41, 5.74) is 5.77. The number of nitrogens with one attached hydrogen (secondary N) is 1. The van der Waals surface area contributed by atoms with Gasteiger partial charge in [-0.05, 0) is 6.92 Å². The third-order valence-corrected chi connectivity index (χ3v) is 2.61. The van der Waals surface area contributed by atoms with Crippen molar-refractivity contribution in [3.05, 3.63) is 12.0 Å². The smallest absolute Gasteiger partial charge is 0.360 e. The van der Waals surface area contributed by atoms with E-state index in [4.69, 9.17) is 10.5 Å². The summed E-state index contributed by atoms with van der Waals surface area (Å²) in [7, 11) is 2.79. The van der Waals surface area contributed by atoms with E-state index in [-0.39, 0.29) is 17.4 Å². The molecule has 1 atom stereocenters. The van der Waals surface area contributed by atoms with Gasteiger partial charge in [0.25, 0.3) is 0 Å². The Morgan fingerprint density at radius 3 is 2.79 bits per heavy atom. The van der Waals surface area contributed by atoms with E-state index in [1.165, 1.54) is 18.0 Å². The lowest BCUT2D eigenvalue weighted by Gasteiger charge is -2.14. The summed E-state index contributed by atoms with van der Waals surface area (Å²) in [4.78, 5) is 27.0. The van der Waals surface area contributed by atoms with Gasteiger partial charge < -0.3 is 25.1 Å². The molecule has 1 unspecified atom stereocenters. The van der Waals surface area contributed by atoms with Crippen molar-refractivity contribution >= 4 is 17.7 Å². The molecule has 1 aromatic heterocycles. The molecule has 0 aliphatic carbocycles. The fourth-order valence-corrected chi connectivity index (χ4v) is 1.48. The highest BCUT2D eigenvalue weighted by atomic mass is 16.5. The van der Waals surface area contributed by atoms with Gasteiger partial charge in [-0.25, -0.2) is 9.78 Å². The number of amides is 1. The van der Waals surface area contributed by atoms with Gasteiger partial charge in [0.05, 0.1) is 20.0 Å². The standard InChI is InChI=1S/C11H18N4O4/c1-7(10(16)13-4-5-18-2)15-6-14-8(9(15)12)11(17)19-3/h6-7H,4-5,12H2,1-3H3,(H,13,16). The molecule has 0 spiro atoms. The first-order valence-electron chi connectivity index (χ1n) is 5.70. The Morgan fingerprint density at radius 1 is 1.53 bits per heavy atom. The molecule has 19 heavy (non-hydrogen) atoms. The molecular weight excluding hydrogens is 252 g/mol. The van der Waals surface area contributed by atoms with Crippen molar-refractivity contribution in [2.75, 3.05) is 33.1 Å². The lowest BCUT2D eigenvalue weighted by Crippen LogP contribution is -2.33. The maximum atomic E-state index is 11.8. The quantitative estimate of drug-likeness (QED) is 0.536. The predicted octanol–water partition coefficient (Wildman–Crippen LogP) is -0.424. The normalized spacial score (nSPS) is 11.9. The zero-order chi connectivity index (χ0) is 14.4. The topological polar surface area (TPSA) is 108 Å². The van der Waals surface area contributed by atoms with Crippen molar-refractivity contribution in [2.24, 2.45) is 0 Å². The van der Waals surface area contributed by atoms with E-state index in [2.05, 4.69) is 15.0 Å². The van der Waals surface area contributed by atoms with Crippen molar-refractivity contribution in [3.63, 3.8) is 0 Å². The second-order valence-electron chi connectivity index (χ2n) is 3.84. The number of carbonyl (C=O) groups is 2. The number of nitrogens with zero attached hydrogens (tertiary/aromatic N) is 2. The average Bonchev–Trinajstić information content (AvgIpc) is 2.79. The first-order chi connectivity index (χ1) is 9.02. The number of nitrogens with two attached hydrogens (primary N) is 1. The molecule has 1 amide bonds. The molecule has 8 heteroatoms. The zero-order valence-corrected chi connectivity index (χ0v) is 11.2. The number of hydrogen-bond acceptors (Lipinski definition) is 6. The Balaban J connectivity index is 2.77. The van der Waals surface area contributed by atoms with Crippen molar-refractivity contribution in [1.29, 1.82) is 0 Å². The maximum absolute atomic E-state index is 11.8. The van der Waals surface area contributed by atoms with Crippen LogP contribution in [0.5, 0.6) is 0 Å². The molecule has 0 saturated carbocycles. The molecular formula is C11H18N4O4. The van der Waals surface area contributed by atoms with E-state index in [0.717, 1.165) is 0 Å². The molecule has 1 heterocycles. The van der Waals surface area contributed by atoms with Gasteiger partial charge in [-0.1, -0.05) is 0 Å². The van der Waals surface area contributed by atoms with Gasteiger partial charge >= 0.3 is 5.97 Å². The third-order valence-electron chi connectivity index (χ3n) is 2.61. The minimum Gasteiger partial charge on any atom is -0.464 e. The summed E-state index contributed by atoms with van der Waals surface area (Å²) in [6, 6.07) is -0.581. The first kappa shape index (κ1) is 15.0. The number of aromatic nitrogens is 2. The fourth-order valence-electron chi connectivity index (χ4n) is 1.48. The van der Waals surface area contributed by atoms with E-state index >= 15 is 0 Å². The molecule has 0 saturated heterocycles. The lowest BCUT2D eigenvalue weighted by atomic mass is 10.3. The summed E-state index contributed by atoms with van der Waals surface area (Å²) >= 11 is 0. The summed E-state index contributed by atoms with van der Waals surface area (Å²) < 4.78 is 10.8. The summed E-state index contributed by atoms with van der Waals surface area (Å²) in [6.45, 7) is 2.48.